The summed E-state index contributed by atoms with van der Waals surface area (Å²) in [6, 6.07) is -1.14. The molecule has 3 aliphatic rings. The molecule has 4 N–H and O–H groups in total. The van der Waals surface area contributed by atoms with Crippen LogP contribution in [0, 0.1) is 11.3 Å². The highest BCUT2D eigenvalue weighted by molar-refractivity contribution is 6.38. The molecule has 5 amide bonds. The lowest BCUT2D eigenvalue weighted by atomic mass is 9.82. The standard InChI is InChI=1S/C38H51ClN8O7/c1-5-9-26(31(48)36(52)43-24-13-14-24)44-34(50)28-18-25(54-29-15-12-23(39)19-42-29)21-47(28)37(53)32(38(2,3)4)46-35(51)30(22-10-7-6-8-11-22)45-33(49)27-20-40-16-17-41-27/h12,15-17,19-20,22,24-26,28,30,32H,5-11,13-14,18,21H2,1-4H3,(H,43,52)(H,44,50)(H,45,49)(H,46,51)/t25-,26?,28+,30+,32-/m1/s1. The number of likely N-dealkylation sites (tertiary alicyclic amines) is 1. The first-order valence-electron chi connectivity index (χ1n) is 18.9. The highest BCUT2D eigenvalue weighted by Gasteiger charge is 2.47. The van der Waals surface area contributed by atoms with Crippen molar-refractivity contribution in [2.45, 2.75) is 128 Å². The van der Waals surface area contributed by atoms with Gasteiger partial charge in [0.15, 0.2) is 0 Å². The third kappa shape index (κ3) is 10.7. The van der Waals surface area contributed by atoms with Gasteiger partial charge in [-0.25, -0.2) is 9.97 Å². The summed E-state index contributed by atoms with van der Waals surface area (Å²) in [7, 11) is 0. The number of carbonyl (C=O) groups is 6. The second-order valence-corrected chi connectivity index (χ2v) is 15.9. The maximum atomic E-state index is 14.7. The highest BCUT2D eigenvalue weighted by atomic mass is 35.5. The van der Waals surface area contributed by atoms with Crippen molar-refractivity contribution in [2.24, 2.45) is 11.3 Å². The Hall–Kier alpha value is -4.66. The number of hydrogen-bond donors (Lipinski definition) is 4. The quantitative estimate of drug-likeness (QED) is 0.195. The summed E-state index contributed by atoms with van der Waals surface area (Å²) in [6.45, 7) is 7.21. The van der Waals surface area contributed by atoms with Gasteiger partial charge in [0.2, 0.25) is 29.4 Å². The van der Waals surface area contributed by atoms with Crippen LogP contribution in [0.1, 0.15) is 102 Å². The monoisotopic (exact) mass is 766 g/mol. The molecule has 0 spiro atoms. The number of aromatic nitrogens is 3. The molecule has 5 rings (SSSR count). The average molecular weight is 767 g/mol. The van der Waals surface area contributed by atoms with Crippen LogP contribution in [0.4, 0.5) is 0 Å². The molecule has 292 valence electrons. The molecular formula is C38H51ClN8O7. The van der Waals surface area contributed by atoms with E-state index in [9.17, 15) is 28.8 Å². The van der Waals surface area contributed by atoms with E-state index < -0.39 is 71.0 Å². The first-order valence-corrected chi connectivity index (χ1v) is 19.2. The summed E-state index contributed by atoms with van der Waals surface area (Å²) < 4.78 is 6.11. The van der Waals surface area contributed by atoms with Crippen molar-refractivity contribution in [1.29, 1.82) is 0 Å². The molecule has 0 radical (unpaired) electrons. The number of hydrogen-bond acceptors (Lipinski definition) is 10. The van der Waals surface area contributed by atoms with Gasteiger partial charge in [0.1, 0.15) is 29.9 Å². The van der Waals surface area contributed by atoms with Gasteiger partial charge in [-0.2, -0.15) is 0 Å². The summed E-state index contributed by atoms with van der Waals surface area (Å²) in [6.07, 6.45) is 11.5. The molecule has 5 atom stereocenters. The number of Topliss-reactive ketones (excluding diaryl/α,β-unsaturated/α-hetero) is 1. The van der Waals surface area contributed by atoms with Crippen LogP contribution < -0.4 is 26.0 Å². The van der Waals surface area contributed by atoms with E-state index in [1.165, 1.54) is 29.7 Å². The van der Waals surface area contributed by atoms with Crippen LogP contribution in [0.15, 0.2) is 36.9 Å². The fourth-order valence-electron chi connectivity index (χ4n) is 6.99. The van der Waals surface area contributed by atoms with E-state index in [-0.39, 0.29) is 42.9 Å². The van der Waals surface area contributed by atoms with Gasteiger partial charge in [0, 0.05) is 37.1 Å². The third-order valence-corrected chi connectivity index (χ3v) is 10.3. The van der Waals surface area contributed by atoms with Crippen molar-refractivity contribution in [2.75, 3.05) is 6.54 Å². The maximum absolute atomic E-state index is 14.7. The van der Waals surface area contributed by atoms with Crippen molar-refractivity contribution in [3.05, 3.63) is 47.6 Å². The Morgan fingerprint density at radius 3 is 2.30 bits per heavy atom. The molecular weight excluding hydrogens is 716 g/mol. The fraction of sp³-hybridized carbons (Fsp3) is 0.605. The Balaban J connectivity index is 1.39. The number of ether oxygens (including phenoxy) is 1. The molecule has 0 bridgehead atoms. The van der Waals surface area contributed by atoms with E-state index in [2.05, 4.69) is 36.2 Å². The van der Waals surface area contributed by atoms with Crippen molar-refractivity contribution in [3.63, 3.8) is 0 Å². The number of halogens is 1. The Bertz CT molecular complexity index is 1660. The second-order valence-electron chi connectivity index (χ2n) is 15.5. The van der Waals surface area contributed by atoms with Crippen LogP contribution in [0.25, 0.3) is 0 Å². The highest BCUT2D eigenvalue weighted by Crippen LogP contribution is 2.30. The van der Waals surface area contributed by atoms with Crippen molar-refractivity contribution >= 4 is 46.9 Å². The molecule has 2 aromatic heterocycles. The number of nitrogens with one attached hydrogen (secondary N) is 4. The molecule has 16 heteroatoms. The maximum Gasteiger partial charge on any atom is 0.289 e. The molecule has 2 aliphatic carbocycles. The molecule has 54 heavy (non-hydrogen) atoms. The molecule has 3 heterocycles. The van der Waals surface area contributed by atoms with Gasteiger partial charge < -0.3 is 30.9 Å². The lowest BCUT2D eigenvalue weighted by molar-refractivity contribution is -0.145. The number of pyridine rings is 1. The lowest BCUT2D eigenvalue weighted by Crippen LogP contribution is -2.62. The third-order valence-electron chi connectivity index (χ3n) is 10.1. The van der Waals surface area contributed by atoms with E-state index in [1.54, 1.807) is 32.9 Å². The van der Waals surface area contributed by atoms with E-state index in [1.807, 2.05) is 6.92 Å². The van der Waals surface area contributed by atoms with Crippen LogP contribution >= 0.6 is 11.6 Å². The van der Waals surface area contributed by atoms with Gasteiger partial charge in [-0.15, -0.1) is 0 Å². The largest absolute Gasteiger partial charge is 0.472 e. The Labute approximate surface area is 320 Å². The van der Waals surface area contributed by atoms with Crippen LogP contribution in [0.2, 0.25) is 5.02 Å². The average Bonchev–Trinajstić information content (AvgIpc) is 3.88. The van der Waals surface area contributed by atoms with Gasteiger partial charge in [-0.3, -0.25) is 33.8 Å². The summed E-state index contributed by atoms with van der Waals surface area (Å²) in [5.41, 5.74) is -0.787. The predicted molar refractivity (Wildman–Crippen MR) is 198 cm³/mol. The lowest BCUT2D eigenvalue weighted by Gasteiger charge is -2.37. The van der Waals surface area contributed by atoms with Crippen LogP contribution in [-0.4, -0.2) is 98.0 Å². The molecule has 15 nitrogen and oxygen atoms in total. The molecule has 2 saturated carbocycles. The second kappa shape index (κ2) is 18.1. The van der Waals surface area contributed by atoms with Gasteiger partial charge in [-0.1, -0.05) is 65.0 Å². The SMILES string of the molecule is CCCC(NC(=O)[C@@H]1C[C@@H](Oc2ccc(Cl)cn2)CN1C(=O)[C@@H](NC(=O)[C@@H](NC(=O)c1cnccn1)C1CCCCC1)C(C)(C)C)C(=O)C(=O)NC1CC1. The van der Waals surface area contributed by atoms with E-state index in [0.717, 1.165) is 44.9 Å². The van der Waals surface area contributed by atoms with E-state index >= 15 is 0 Å². The minimum absolute atomic E-state index is 0.0340. The molecule has 2 aromatic rings. The number of carbonyl (C=O) groups excluding carboxylic acids is 6. The number of amides is 5. The normalized spacial score (nSPS) is 20.6. The van der Waals surface area contributed by atoms with Crippen LogP contribution in [0.5, 0.6) is 5.88 Å². The summed E-state index contributed by atoms with van der Waals surface area (Å²) in [5, 5.41) is 11.7. The van der Waals surface area contributed by atoms with Gasteiger partial charge in [-0.05, 0) is 49.5 Å². The number of rotatable bonds is 15. The zero-order valence-corrected chi connectivity index (χ0v) is 32.1. The molecule has 1 aliphatic heterocycles. The van der Waals surface area contributed by atoms with Gasteiger partial charge in [0.05, 0.1) is 23.8 Å². The molecule has 1 saturated heterocycles. The fourth-order valence-corrected chi connectivity index (χ4v) is 7.10. The summed E-state index contributed by atoms with van der Waals surface area (Å²) in [5.74, 6) is -3.68. The van der Waals surface area contributed by atoms with Gasteiger partial charge in [0.25, 0.3) is 11.8 Å². The minimum atomic E-state index is -1.13. The van der Waals surface area contributed by atoms with Crippen molar-refractivity contribution < 1.29 is 33.5 Å². The smallest absolute Gasteiger partial charge is 0.289 e. The molecule has 0 aromatic carbocycles. The summed E-state index contributed by atoms with van der Waals surface area (Å²) >= 11 is 6.02. The van der Waals surface area contributed by atoms with Crippen molar-refractivity contribution in [1.82, 2.24) is 41.1 Å². The van der Waals surface area contributed by atoms with E-state index in [0.29, 0.717) is 11.4 Å². The van der Waals surface area contributed by atoms with Gasteiger partial charge >= 0.3 is 0 Å². The molecule has 1 unspecified atom stereocenters. The summed E-state index contributed by atoms with van der Waals surface area (Å²) in [4.78, 5) is 95.8. The Kier molecular flexibility index (Phi) is 13.6. The first kappa shape index (κ1) is 40.5. The topological polar surface area (TPSA) is 202 Å². The first-order chi connectivity index (χ1) is 25.7. The number of ketones is 1. The Morgan fingerprint density at radius 1 is 0.944 bits per heavy atom. The van der Waals surface area contributed by atoms with Crippen molar-refractivity contribution in [3.8, 4) is 5.88 Å². The molecule has 3 fully saturated rings. The van der Waals surface area contributed by atoms with Crippen LogP contribution in [-0.2, 0) is 24.0 Å². The Morgan fingerprint density at radius 2 is 1.69 bits per heavy atom. The zero-order chi connectivity index (χ0) is 39.0. The minimum Gasteiger partial charge on any atom is -0.472 e. The number of nitrogens with zero attached hydrogens (tertiary/aromatic N) is 4. The zero-order valence-electron chi connectivity index (χ0n) is 31.3. The predicted octanol–water partition coefficient (Wildman–Crippen LogP) is 2.92. The van der Waals surface area contributed by atoms with E-state index in [4.69, 9.17) is 16.3 Å². The van der Waals surface area contributed by atoms with Crippen LogP contribution in [0.3, 0.4) is 0 Å².